The summed E-state index contributed by atoms with van der Waals surface area (Å²) in [7, 11) is 0. The summed E-state index contributed by atoms with van der Waals surface area (Å²) in [6.45, 7) is 8.46. The van der Waals surface area contributed by atoms with Crippen molar-refractivity contribution >= 4 is 5.78 Å². The maximum atomic E-state index is 12.1. The second kappa shape index (κ2) is 5.30. The van der Waals surface area contributed by atoms with Crippen LogP contribution in [0, 0.1) is 11.3 Å². The molecule has 2 heterocycles. The lowest BCUT2D eigenvalue weighted by atomic mass is 9.76. The second-order valence-electron chi connectivity index (χ2n) is 6.88. The molecular weight excluding hydrogens is 228 g/mol. The molecule has 0 radical (unpaired) electrons. The van der Waals surface area contributed by atoms with Crippen LogP contribution in [0.2, 0.25) is 0 Å². The summed E-state index contributed by atoms with van der Waals surface area (Å²) in [6.07, 6.45) is 4.78. The lowest BCUT2D eigenvalue weighted by molar-refractivity contribution is -0.151. The quantitative estimate of drug-likeness (QED) is 0.760. The molecule has 3 heteroatoms. The van der Waals surface area contributed by atoms with Gasteiger partial charge in [0.05, 0.1) is 5.60 Å². The molecule has 1 unspecified atom stereocenters. The standard InChI is InChI=1S/C15H26O3/c1-14(2,3)13(16)10-12-4-7-18-15(11-12)5-8-17-9-6-15/h12H,4-11H2,1-3H3. The van der Waals surface area contributed by atoms with Gasteiger partial charge in [0.15, 0.2) is 0 Å². The van der Waals surface area contributed by atoms with Gasteiger partial charge in [-0.2, -0.15) is 0 Å². The van der Waals surface area contributed by atoms with Gasteiger partial charge in [-0.05, 0) is 31.6 Å². The number of Topliss-reactive ketones (excluding diaryl/α,β-unsaturated/α-hetero) is 1. The average Bonchev–Trinajstić information content (AvgIpc) is 2.28. The number of ether oxygens (including phenoxy) is 2. The Kier molecular flexibility index (Phi) is 4.12. The van der Waals surface area contributed by atoms with Gasteiger partial charge in [0.2, 0.25) is 0 Å². The predicted molar refractivity (Wildman–Crippen MR) is 70.5 cm³/mol. The summed E-state index contributed by atoms with van der Waals surface area (Å²) in [4.78, 5) is 12.1. The summed E-state index contributed by atoms with van der Waals surface area (Å²) < 4.78 is 11.4. The molecule has 0 aromatic heterocycles. The molecule has 1 spiro atoms. The van der Waals surface area contributed by atoms with E-state index in [0.29, 0.717) is 11.7 Å². The van der Waals surface area contributed by atoms with Gasteiger partial charge in [-0.1, -0.05) is 20.8 Å². The van der Waals surface area contributed by atoms with E-state index in [2.05, 4.69) is 0 Å². The van der Waals surface area contributed by atoms with Gasteiger partial charge in [-0.25, -0.2) is 0 Å². The number of ketones is 1. The summed E-state index contributed by atoms with van der Waals surface area (Å²) in [5.74, 6) is 0.889. The smallest absolute Gasteiger partial charge is 0.138 e. The Morgan fingerprint density at radius 1 is 1.22 bits per heavy atom. The van der Waals surface area contributed by atoms with Crippen molar-refractivity contribution < 1.29 is 14.3 Å². The third-order valence-corrected chi connectivity index (χ3v) is 4.31. The fraction of sp³-hybridized carbons (Fsp3) is 0.933. The third kappa shape index (κ3) is 3.33. The fourth-order valence-electron chi connectivity index (χ4n) is 2.96. The molecule has 2 aliphatic heterocycles. The van der Waals surface area contributed by atoms with Gasteiger partial charge in [0, 0.05) is 31.7 Å². The maximum Gasteiger partial charge on any atom is 0.138 e. The van der Waals surface area contributed by atoms with Crippen molar-refractivity contribution in [2.45, 2.75) is 58.5 Å². The lowest BCUT2D eigenvalue weighted by Gasteiger charge is -2.43. The molecule has 0 N–H and O–H groups in total. The lowest BCUT2D eigenvalue weighted by Crippen LogP contribution is -2.45. The van der Waals surface area contributed by atoms with E-state index < -0.39 is 0 Å². The molecule has 104 valence electrons. The first-order chi connectivity index (χ1) is 8.41. The zero-order chi connectivity index (χ0) is 13.2. The van der Waals surface area contributed by atoms with E-state index in [9.17, 15) is 4.79 Å². The topological polar surface area (TPSA) is 35.5 Å². The van der Waals surface area contributed by atoms with Crippen molar-refractivity contribution in [1.82, 2.24) is 0 Å². The van der Waals surface area contributed by atoms with E-state index in [1.54, 1.807) is 0 Å². The fourth-order valence-corrected chi connectivity index (χ4v) is 2.96. The Balaban J connectivity index is 1.92. The van der Waals surface area contributed by atoms with Gasteiger partial charge in [0.1, 0.15) is 5.78 Å². The Morgan fingerprint density at radius 2 is 1.89 bits per heavy atom. The van der Waals surface area contributed by atoms with Crippen LogP contribution in [0.3, 0.4) is 0 Å². The summed E-state index contributed by atoms with van der Waals surface area (Å²) in [5, 5.41) is 0. The van der Waals surface area contributed by atoms with Crippen molar-refractivity contribution in [3.05, 3.63) is 0 Å². The van der Waals surface area contributed by atoms with Crippen molar-refractivity contribution in [3.8, 4) is 0 Å². The van der Waals surface area contributed by atoms with Gasteiger partial charge in [0.25, 0.3) is 0 Å². The molecule has 18 heavy (non-hydrogen) atoms. The van der Waals surface area contributed by atoms with Crippen LogP contribution in [0.15, 0.2) is 0 Å². The third-order valence-electron chi connectivity index (χ3n) is 4.31. The Labute approximate surface area is 110 Å². The zero-order valence-electron chi connectivity index (χ0n) is 12.0. The number of rotatable bonds is 2. The SMILES string of the molecule is CC(C)(C)C(=O)CC1CCOC2(CCOCC2)C1. The molecule has 1 atom stereocenters. The largest absolute Gasteiger partial charge is 0.381 e. The minimum atomic E-state index is -0.207. The normalized spacial score (nSPS) is 28.3. The highest BCUT2D eigenvalue weighted by Gasteiger charge is 2.40. The summed E-state index contributed by atoms with van der Waals surface area (Å²) in [6, 6.07) is 0. The molecule has 3 nitrogen and oxygen atoms in total. The molecule has 2 saturated heterocycles. The summed E-state index contributed by atoms with van der Waals surface area (Å²) in [5.41, 5.74) is -0.194. The monoisotopic (exact) mass is 254 g/mol. The predicted octanol–water partition coefficient (Wildman–Crippen LogP) is 2.97. The van der Waals surface area contributed by atoms with Crippen LogP contribution in [0.25, 0.3) is 0 Å². The van der Waals surface area contributed by atoms with Crippen molar-refractivity contribution in [2.75, 3.05) is 19.8 Å². The molecule has 2 aliphatic rings. The van der Waals surface area contributed by atoms with E-state index in [1.807, 2.05) is 20.8 Å². The van der Waals surface area contributed by atoms with E-state index >= 15 is 0 Å². The van der Waals surface area contributed by atoms with E-state index in [1.165, 1.54) is 0 Å². The molecule has 0 aromatic carbocycles. The van der Waals surface area contributed by atoms with Crippen LogP contribution < -0.4 is 0 Å². The minimum Gasteiger partial charge on any atom is -0.381 e. The van der Waals surface area contributed by atoms with Gasteiger partial charge in [-0.15, -0.1) is 0 Å². The van der Waals surface area contributed by atoms with Crippen LogP contribution in [0.4, 0.5) is 0 Å². The Bertz CT molecular complexity index is 292. The first kappa shape index (κ1) is 14.0. The van der Waals surface area contributed by atoms with Crippen LogP contribution >= 0.6 is 0 Å². The van der Waals surface area contributed by atoms with Gasteiger partial charge < -0.3 is 9.47 Å². The zero-order valence-corrected chi connectivity index (χ0v) is 12.0. The molecule has 0 aromatic rings. The molecule has 2 fully saturated rings. The number of carbonyl (C=O) groups excluding carboxylic acids is 1. The van der Waals surface area contributed by atoms with Gasteiger partial charge in [-0.3, -0.25) is 4.79 Å². The first-order valence-electron chi connectivity index (χ1n) is 7.16. The molecule has 2 rings (SSSR count). The first-order valence-corrected chi connectivity index (χ1v) is 7.16. The highest BCUT2D eigenvalue weighted by molar-refractivity contribution is 5.83. The van der Waals surface area contributed by atoms with Crippen molar-refractivity contribution in [2.24, 2.45) is 11.3 Å². The molecular formula is C15H26O3. The van der Waals surface area contributed by atoms with Crippen molar-refractivity contribution in [3.63, 3.8) is 0 Å². The highest BCUT2D eigenvalue weighted by Crippen LogP contribution is 2.39. The van der Waals surface area contributed by atoms with Crippen LogP contribution in [-0.4, -0.2) is 31.2 Å². The molecule has 0 bridgehead atoms. The maximum absolute atomic E-state index is 12.1. The molecule has 0 saturated carbocycles. The van der Waals surface area contributed by atoms with Crippen LogP contribution in [0.1, 0.15) is 52.9 Å². The van der Waals surface area contributed by atoms with Crippen LogP contribution in [0.5, 0.6) is 0 Å². The Hall–Kier alpha value is -0.410. The highest BCUT2D eigenvalue weighted by atomic mass is 16.5. The Morgan fingerprint density at radius 3 is 2.50 bits per heavy atom. The molecule has 0 amide bonds. The number of carbonyl (C=O) groups is 1. The van der Waals surface area contributed by atoms with Crippen LogP contribution in [-0.2, 0) is 14.3 Å². The van der Waals surface area contributed by atoms with Crippen molar-refractivity contribution in [1.29, 1.82) is 0 Å². The number of hydrogen-bond acceptors (Lipinski definition) is 3. The second-order valence-corrected chi connectivity index (χ2v) is 6.88. The average molecular weight is 254 g/mol. The van der Waals surface area contributed by atoms with Gasteiger partial charge >= 0.3 is 0 Å². The van der Waals surface area contributed by atoms with E-state index in [4.69, 9.17) is 9.47 Å². The van der Waals surface area contributed by atoms with E-state index in [-0.39, 0.29) is 11.0 Å². The summed E-state index contributed by atoms with van der Waals surface area (Å²) >= 11 is 0. The molecule has 0 aliphatic carbocycles. The van der Waals surface area contributed by atoms with E-state index in [0.717, 1.165) is 51.9 Å². The number of hydrogen-bond donors (Lipinski definition) is 0. The minimum absolute atomic E-state index is 0.0132.